The normalized spacial score (nSPS) is 17.1. The van der Waals surface area contributed by atoms with E-state index in [9.17, 15) is 9.18 Å². The number of aromatic nitrogens is 5. The minimum atomic E-state index is -0.626. The van der Waals surface area contributed by atoms with Gasteiger partial charge in [0.25, 0.3) is 5.56 Å². The first-order chi connectivity index (χ1) is 17.5. The van der Waals surface area contributed by atoms with Crippen LogP contribution in [0.15, 0.2) is 59.8 Å². The topological polar surface area (TPSA) is 89.1 Å². The van der Waals surface area contributed by atoms with Gasteiger partial charge in [0.2, 0.25) is 11.7 Å². The zero-order chi connectivity index (χ0) is 24.4. The number of imidazole rings is 1. The Balaban J connectivity index is 1.27. The third kappa shape index (κ3) is 3.54. The molecule has 8 nitrogen and oxygen atoms in total. The van der Waals surface area contributed by atoms with Crippen LogP contribution in [0.1, 0.15) is 24.0 Å². The number of para-hydroxylation sites is 1. The van der Waals surface area contributed by atoms with Crippen LogP contribution in [-0.4, -0.2) is 36.0 Å². The molecule has 2 aliphatic rings. The summed E-state index contributed by atoms with van der Waals surface area (Å²) < 4.78 is 17.5. The van der Waals surface area contributed by atoms with Crippen molar-refractivity contribution in [2.45, 2.75) is 37.8 Å². The van der Waals surface area contributed by atoms with E-state index < -0.39 is 11.4 Å². The molecule has 0 spiro atoms. The van der Waals surface area contributed by atoms with Gasteiger partial charge in [0.05, 0.1) is 5.02 Å². The number of anilines is 2. The molecule has 3 heterocycles. The number of benzene rings is 2. The first-order valence-electron chi connectivity index (χ1n) is 11.9. The summed E-state index contributed by atoms with van der Waals surface area (Å²) in [5, 5.41) is 7.30. The Morgan fingerprint density at radius 2 is 1.92 bits per heavy atom. The predicted octanol–water partition coefficient (Wildman–Crippen LogP) is 4.18. The smallest absolute Gasteiger partial charge is 0.270 e. The number of halogens is 2. The molecule has 1 unspecified atom stereocenters. The maximum Gasteiger partial charge on any atom is 0.270 e. The minimum absolute atomic E-state index is 0.0583. The number of nitrogens with zero attached hydrogens (tertiary/aromatic N) is 5. The van der Waals surface area contributed by atoms with Crippen molar-refractivity contribution in [2.24, 2.45) is 0 Å². The molecule has 1 atom stereocenters. The highest BCUT2D eigenvalue weighted by atomic mass is 35.5. The zero-order valence-electron chi connectivity index (χ0n) is 19.1. The summed E-state index contributed by atoms with van der Waals surface area (Å²) >= 11 is 6.27. The van der Waals surface area contributed by atoms with Crippen LogP contribution in [0.25, 0.3) is 22.5 Å². The average molecular weight is 502 g/mol. The highest BCUT2D eigenvalue weighted by molar-refractivity contribution is 6.32. The lowest BCUT2D eigenvalue weighted by Gasteiger charge is -2.13. The third-order valence-corrected chi connectivity index (χ3v) is 7.16. The van der Waals surface area contributed by atoms with E-state index in [0.29, 0.717) is 23.7 Å². The number of rotatable bonds is 5. The van der Waals surface area contributed by atoms with E-state index >= 15 is 0 Å². The van der Waals surface area contributed by atoms with E-state index in [1.807, 2.05) is 6.07 Å². The van der Waals surface area contributed by atoms with Gasteiger partial charge < -0.3 is 10.6 Å². The molecule has 0 amide bonds. The summed E-state index contributed by atoms with van der Waals surface area (Å²) in [6.07, 6.45) is 9.26. The van der Waals surface area contributed by atoms with Gasteiger partial charge in [-0.2, -0.15) is 4.98 Å². The Labute approximate surface area is 209 Å². The molecule has 1 saturated carbocycles. The van der Waals surface area contributed by atoms with Crippen molar-refractivity contribution in [1.29, 1.82) is 0 Å². The summed E-state index contributed by atoms with van der Waals surface area (Å²) in [5.74, 6) is -0.0701. The van der Waals surface area contributed by atoms with E-state index in [1.165, 1.54) is 54.6 Å². The van der Waals surface area contributed by atoms with E-state index in [4.69, 9.17) is 11.6 Å². The molecular weight excluding hydrogens is 481 g/mol. The summed E-state index contributed by atoms with van der Waals surface area (Å²) in [5.41, 5.74) is 3.37. The molecule has 0 bridgehead atoms. The number of hydrogen-bond acceptors (Lipinski definition) is 6. The highest BCUT2D eigenvalue weighted by Gasteiger charge is 2.28. The number of fused-ring (bicyclic) bond motifs is 4. The zero-order valence-corrected chi connectivity index (χ0v) is 19.8. The van der Waals surface area contributed by atoms with Crippen molar-refractivity contribution in [3.8, 4) is 5.69 Å². The largest absolute Gasteiger partial charge is 0.324 e. The standard InChI is InChI=1S/C26H21ClFN7O/c27-20-2-1-3-21(28)22(20)35-24(36)19-13-30-25(33-23(19)34-9-8-29-26(34)35)32-17-5-4-14-10-18(12-15(14)11-17)31-16-6-7-16/h1-5,8-9,11,13,16,18,31H,6-7,10,12H2,(H,30,32,33). The van der Waals surface area contributed by atoms with Crippen molar-refractivity contribution in [3.63, 3.8) is 0 Å². The number of nitrogens with one attached hydrogen (secondary N) is 2. The van der Waals surface area contributed by atoms with Crippen molar-refractivity contribution in [1.82, 2.24) is 29.2 Å². The molecule has 3 aromatic heterocycles. The first-order valence-corrected chi connectivity index (χ1v) is 12.3. The molecule has 0 saturated heterocycles. The molecule has 2 aliphatic carbocycles. The summed E-state index contributed by atoms with van der Waals surface area (Å²) in [6.45, 7) is 0. The van der Waals surface area contributed by atoms with Crippen LogP contribution in [0.5, 0.6) is 0 Å². The lowest BCUT2D eigenvalue weighted by Crippen LogP contribution is -2.31. The molecule has 2 N–H and O–H groups in total. The van der Waals surface area contributed by atoms with Gasteiger partial charge in [-0.15, -0.1) is 0 Å². The monoisotopic (exact) mass is 501 g/mol. The van der Waals surface area contributed by atoms with E-state index in [0.717, 1.165) is 23.1 Å². The molecule has 36 heavy (non-hydrogen) atoms. The summed E-state index contributed by atoms with van der Waals surface area (Å²) in [7, 11) is 0. The fraction of sp³-hybridized carbons (Fsp3) is 0.231. The molecule has 180 valence electrons. The molecule has 5 aromatic rings. The van der Waals surface area contributed by atoms with Gasteiger partial charge in [0.15, 0.2) is 5.65 Å². The minimum Gasteiger partial charge on any atom is -0.324 e. The van der Waals surface area contributed by atoms with Crippen LogP contribution in [0, 0.1) is 5.82 Å². The molecule has 0 radical (unpaired) electrons. The van der Waals surface area contributed by atoms with E-state index in [1.54, 1.807) is 10.6 Å². The molecule has 1 fully saturated rings. The second-order valence-electron chi connectivity index (χ2n) is 9.39. The van der Waals surface area contributed by atoms with E-state index in [-0.39, 0.29) is 21.9 Å². The fourth-order valence-electron chi connectivity index (χ4n) is 5.04. The first kappa shape index (κ1) is 21.5. The van der Waals surface area contributed by atoms with Gasteiger partial charge in [-0.1, -0.05) is 23.7 Å². The number of hydrogen-bond donors (Lipinski definition) is 2. The van der Waals surface area contributed by atoms with Crippen LogP contribution in [0.4, 0.5) is 16.0 Å². The van der Waals surface area contributed by atoms with Gasteiger partial charge in [-0.25, -0.2) is 18.9 Å². The lowest BCUT2D eigenvalue weighted by molar-refractivity contribution is 0.530. The molecule has 10 heteroatoms. The van der Waals surface area contributed by atoms with Gasteiger partial charge in [0, 0.05) is 36.4 Å². The van der Waals surface area contributed by atoms with Crippen LogP contribution in [-0.2, 0) is 12.8 Å². The maximum absolute atomic E-state index is 14.7. The van der Waals surface area contributed by atoms with Crippen LogP contribution < -0.4 is 16.2 Å². The second kappa shape index (κ2) is 8.11. The maximum atomic E-state index is 14.7. The lowest BCUT2D eigenvalue weighted by atomic mass is 10.1. The van der Waals surface area contributed by atoms with Crippen LogP contribution in [0.3, 0.4) is 0 Å². The van der Waals surface area contributed by atoms with Crippen molar-refractivity contribution in [2.75, 3.05) is 5.32 Å². The Kier molecular flexibility index (Phi) is 4.83. The van der Waals surface area contributed by atoms with Crippen molar-refractivity contribution < 1.29 is 4.39 Å². The highest BCUT2D eigenvalue weighted by Crippen LogP contribution is 2.30. The molecule has 7 rings (SSSR count). The van der Waals surface area contributed by atoms with Gasteiger partial charge >= 0.3 is 0 Å². The quantitative estimate of drug-likeness (QED) is 0.375. The van der Waals surface area contributed by atoms with Crippen LogP contribution >= 0.6 is 11.6 Å². The molecular formula is C26H21ClFN7O. The summed E-state index contributed by atoms with van der Waals surface area (Å²) in [4.78, 5) is 26.7. The third-order valence-electron chi connectivity index (χ3n) is 6.86. The molecule has 2 aromatic carbocycles. The van der Waals surface area contributed by atoms with Gasteiger partial charge in [0.1, 0.15) is 16.9 Å². The van der Waals surface area contributed by atoms with Gasteiger partial charge in [-0.3, -0.25) is 9.20 Å². The van der Waals surface area contributed by atoms with Crippen LogP contribution in [0.2, 0.25) is 5.02 Å². The van der Waals surface area contributed by atoms with Crippen molar-refractivity contribution >= 4 is 40.0 Å². The predicted molar refractivity (Wildman–Crippen MR) is 136 cm³/mol. The average Bonchev–Trinajstić information content (AvgIpc) is 3.37. The Morgan fingerprint density at radius 1 is 1.06 bits per heavy atom. The molecule has 0 aliphatic heterocycles. The second-order valence-corrected chi connectivity index (χ2v) is 9.80. The Bertz CT molecular complexity index is 1710. The van der Waals surface area contributed by atoms with Crippen molar-refractivity contribution in [3.05, 3.63) is 87.3 Å². The Morgan fingerprint density at radius 3 is 2.75 bits per heavy atom. The SMILES string of the molecule is O=c1c2cnc(Nc3ccc4c(c3)CC(NC3CC3)C4)nc2n2ccnc2n1-c1c(F)cccc1Cl. The fourth-order valence-corrected chi connectivity index (χ4v) is 5.28. The van der Waals surface area contributed by atoms with E-state index in [2.05, 4.69) is 37.7 Å². The van der Waals surface area contributed by atoms with Gasteiger partial charge in [-0.05, 0) is 61.1 Å². The Hall–Kier alpha value is -3.82. The summed E-state index contributed by atoms with van der Waals surface area (Å²) in [6, 6.07) is 11.8.